The molecule has 0 aliphatic carbocycles. The fourth-order valence-corrected chi connectivity index (χ4v) is 2.76. The largest absolute Gasteiger partial charge is 0.445 e. The van der Waals surface area contributed by atoms with Gasteiger partial charge in [-0.1, -0.05) is 30.3 Å². The van der Waals surface area contributed by atoms with Crippen LogP contribution < -0.4 is 10.6 Å². The summed E-state index contributed by atoms with van der Waals surface area (Å²) in [5.41, 5.74) is 0.332. The Hall–Kier alpha value is -2.77. The molecule has 1 heterocycles. The van der Waals surface area contributed by atoms with E-state index in [0.29, 0.717) is 25.9 Å². The van der Waals surface area contributed by atoms with Gasteiger partial charge in [-0.05, 0) is 39.2 Å². The predicted molar refractivity (Wildman–Crippen MR) is 104 cm³/mol. The summed E-state index contributed by atoms with van der Waals surface area (Å²) in [6.07, 6.45) is 0.302. The Balaban J connectivity index is 1.64. The number of carbonyl (C=O) groups excluding carboxylic acids is 3. The molecule has 8 heteroatoms. The van der Waals surface area contributed by atoms with Gasteiger partial charge in [-0.15, -0.1) is 0 Å². The highest BCUT2D eigenvalue weighted by molar-refractivity contribution is 5.82. The smallest absolute Gasteiger partial charge is 0.410 e. The fourth-order valence-electron chi connectivity index (χ4n) is 2.76. The summed E-state index contributed by atoms with van der Waals surface area (Å²) < 4.78 is 10.4. The highest BCUT2D eigenvalue weighted by Crippen LogP contribution is 2.12. The molecule has 1 aromatic carbocycles. The van der Waals surface area contributed by atoms with Crippen molar-refractivity contribution < 1.29 is 23.9 Å². The molecule has 28 heavy (non-hydrogen) atoms. The maximum absolute atomic E-state index is 12.1. The third-order valence-corrected chi connectivity index (χ3v) is 4.12. The SMILES string of the molecule is CC(C)(C)OC(=O)NCC(=O)NC1CCN(C(=O)OCc2ccccc2)CC1. The molecule has 154 valence electrons. The zero-order valence-corrected chi connectivity index (χ0v) is 16.7. The van der Waals surface area contributed by atoms with E-state index in [4.69, 9.17) is 9.47 Å². The van der Waals surface area contributed by atoms with Crippen LogP contribution in [-0.2, 0) is 20.9 Å². The number of hydrogen-bond acceptors (Lipinski definition) is 5. The van der Waals surface area contributed by atoms with Crippen LogP contribution >= 0.6 is 0 Å². The van der Waals surface area contributed by atoms with Gasteiger partial charge in [0, 0.05) is 19.1 Å². The number of likely N-dealkylation sites (tertiary alicyclic amines) is 1. The summed E-state index contributed by atoms with van der Waals surface area (Å²) in [4.78, 5) is 37.3. The molecule has 0 spiro atoms. The van der Waals surface area contributed by atoms with Gasteiger partial charge in [0.15, 0.2) is 0 Å². The fraction of sp³-hybridized carbons (Fsp3) is 0.550. The van der Waals surface area contributed by atoms with Crippen molar-refractivity contribution in [2.24, 2.45) is 0 Å². The van der Waals surface area contributed by atoms with Crippen LogP contribution in [0.15, 0.2) is 30.3 Å². The second-order valence-corrected chi connectivity index (χ2v) is 7.72. The number of amides is 3. The van der Waals surface area contributed by atoms with E-state index < -0.39 is 11.7 Å². The first kappa shape index (κ1) is 21.5. The molecule has 0 unspecified atom stereocenters. The highest BCUT2D eigenvalue weighted by Gasteiger charge is 2.25. The minimum absolute atomic E-state index is 0.0360. The van der Waals surface area contributed by atoms with Crippen LogP contribution in [0.1, 0.15) is 39.2 Å². The Bertz CT molecular complexity index is 664. The molecule has 8 nitrogen and oxygen atoms in total. The van der Waals surface area contributed by atoms with Crippen LogP contribution in [-0.4, -0.2) is 54.3 Å². The van der Waals surface area contributed by atoms with Crippen molar-refractivity contribution in [1.29, 1.82) is 0 Å². The van der Waals surface area contributed by atoms with Crippen molar-refractivity contribution >= 4 is 18.1 Å². The molecular formula is C20H29N3O5. The second kappa shape index (κ2) is 9.96. The van der Waals surface area contributed by atoms with E-state index in [0.717, 1.165) is 5.56 Å². The molecule has 1 fully saturated rings. The molecule has 0 saturated carbocycles. The lowest BCUT2D eigenvalue weighted by atomic mass is 10.1. The van der Waals surface area contributed by atoms with Gasteiger partial charge in [0.1, 0.15) is 18.8 Å². The monoisotopic (exact) mass is 391 g/mol. The summed E-state index contributed by atoms with van der Waals surface area (Å²) >= 11 is 0. The number of benzene rings is 1. The van der Waals surface area contributed by atoms with Gasteiger partial charge in [-0.25, -0.2) is 9.59 Å². The number of hydrogen-bond donors (Lipinski definition) is 2. The zero-order chi connectivity index (χ0) is 20.6. The lowest BCUT2D eigenvalue weighted by Crippen LogP contribution is -2.49. The average molecular weight is 391 g/mol. The number of alkyl carbamates (subject to hydrolysis) is 1. The first-order valence-electron chi connectivity index (χ1n) is 9.45. The molecule has 0 radical (unpaired) electrons. The number of ether oxygens (including phenoxy) is 2. The van der Waals surface area contributed by atoms with Crippen molar-refractivity contribution in [1.82, 2.24) is 15.5 Å². The molecule has 1 saturated heterocycles. The van der Waals surface area contributed by atoms with Crippen LogP contribution in [0, 0.1) is 0 Å². The third kappa shape index (κ3) is 7.85. The molecular weight excluding hydrogens is 362 g/mol. The van der Waals surface area contributed by atoms with E-state index in [1.54, 1.807) is 25.7 Å². The van der Waals surface area contributed by atoms with Crippen LogP contribution in [0.3, 0.4) is 0 Å². The van der Waals surface area contributed by atoms with Crippen LogP contribution in [0.2, 0.25) is 0 Å². The van der Waals surface area contributed by atoms with Crippen molar-refractivity contribution in [3.63, 3.8) is 0 Å². The van der Waals surface area contributed by atoms with E-state index in [1.165, 1.54) is 0 Å². The molecule has 1 aliphatic heterocycles. The number of nitrogens with one attached hydrogen (secondary N) is 2. The van der Waals surface area contributed by atoms with E-state index in [9.17, 15) is 14.4 Å². The molecule has 0 atom stereocenters. The summed E-state index contributed by atoms with van der Waals surface area (Å²) in [5.74, 6) is -0.282. The quantitative estimate of drug-likeness (QED) is 0.803. The average Bonchev–Trinajstić information content (AvgIpc) is 2.64. The lowest BCUT2D eigenvalue weighted by molar-refractivity contribution is -0.121. The maximum atomic E-state index is 12.1. The third-order valence-electron chi connectivity index (χ3n) is 4.12. The molecule has 2 N–H and O–H groups in total. The minimum Gasteiger partial charge on any atom is -0.445 e. The Labute approximate surface area is 165 Å². The maximum Gasteiger partial charge on any atom is 0.410 e. The minimum atomic E-state index is -0.626. The Kier molecular flexibility index (Phi) is 7.66. The van der Waals surface area contributed by atoms with Crippen molar-refractivity contribution in [3.8, 4) is 0 Å². The first-order chi connectivity index (χ1) is 13.2. The van der Waals surface area contributed by atoms with Crippen molar-refractivity contribution in [3.05, 3.63) is 35.9 Å². The molecule has 0 aromatic heterocycles. The van der Waals surface area contributed by atoms with Gasteiger partial charge < -0.3 is 25.0 Å². The number of nitrogens with zero attached hydrogens (tertiary/aromatic N) is 1. The molecule has 0 bridgehead atoms. The van der Waals surface area contributed by atoms with Gasteiger partial charge in [-0.3, -0.25) is 4.79 Å². The Morgan fingerprint density at radius 2 is 1.75 bits per heavy atom. The van der Waals surface area contributed by atoms with Crippen LogP contribution in [0.4, 0.5) is 9.59 Å². The topological polar surface area (TPSA) is 97.0 Å². The summed E-state index contributed by atoms with van der Waals surface area (Å²) in [7, 11) is 0. The Morgan fingerprint density at radius 1 is 1.11 bits per heavy atom. The van der Waals surface area contributed by atoms with E-state index in [1.807, 2.05) is 30.3 Å². The van der Waals surface area contributed by atoms with E-state index >= 15 is 0 Å². The summed E-state index contributed by atoms with van der Waals surface area (Å²) in [6, 6.07) is 9.48. The highest BCUT2D eigenvalue weighted by atomic mass is 16.6. The summed E-state index contributed by atoms with van der Waals surface area (Å²) in [5, 5.41) is 5.30. The molecule has 3 amide bonds. The van der Waals surface area contributed by atoms with Gasteiger partial charge in [0.2, 0.25) is 5.91 Å². The Morgan fingerprint density at radius 3 is 2.36 bits per heavy atom. The first-order valence-corrected chi connectivity index (χ1v) is 9.45. The van der Waals surface area contributed by atoms with Gasteiger partial charge in [-0.2, -0.15) is 0 Å². The van der Waals surface area contributed by atoms with Gasteiger partial charge >= 0.3 is 12.2 Å². The molecule has 2 rings (SSSR count). The van der Waals surface area contributed by atoms with E-state index in [2.05, 4.69) is 10.6 Å². The number of rotatable bonds is 5. The van der Waals surface area contributed by atoms with Crippen LogP contribution in [0.25, 0.3) is 0 Å². The molecule has 1 aromatic rings. The standard InChI is InChI=1S/C20H29N3O5/c1-20(2,3)28-18(25)21-13-17(24)22-16-9-11-23(12-10-16)19(26)27-14-15-7-5-4-6-8-15/h4-8,16H,9-14H2,1-3H3,(H,21,25)(H,22,24). The predicted octanol–water partition coefficient (Wildman–Crippen LogP) is 2.43. The van der Waals surface area contributed by atoms with Crippen LogP contribution in [0.5, 0.6) is 0 Å². The van der Waals surface area contributed by atoms with Crippen molar-refractivity contribution in [2.45, 2.75) is 51.9 Å². The zero-order valence-electron chi connectivity index (χ0n) is 16.7. The normalized spacial score (nSPS) is 14.9. The summed E-state index contributed by atoms with van der Waals surface area (Å²) in [6.45, 7) is 6.39. The second-order valence-electron chi connectivity index (χ2n) is 7.72. The number of carbonyl (C=O) groups is 3. The van der Waals surface area contributed by atoms with Crippen molar-refractivity contribution in [2.75, 3.05) is 19.6 Å². The van der Waals surface area contributed by atoms with E-state index in [-0.39, 0.29) is 31.2 Å². The molecule has 1 aliphatic rings. The van der Waals surface area contributed by atoms with Gasteiger partial charge in [0.25, 0.3) is 0 Å². The van der Waals surface area contributed by atoms with Gasteiger partial charge in [0.05, 0.1) is 0 Å². The lowest BCUT2D eigenvalue weighted by Gasteiger charge is -2.31. The number of piperidine rings is 1.